The number of aromatic hydroxyl groups is 1. The second-order valence-electron chi connectivity index (χ2n) is 6.84. The molecule has 7 nitrogen and oxygen atoms in total. The van der Waals surface area contributed by atoms with Crippen LogP contribution in [-0.2, 0) is 16.4 Å². The first kappa shape index (κ1) is 18.9. The Bertz CT molecular complexity index is 1080. The molecule has 2 aliphatic carbocycles. The second kappa shape index (κ2) is 7.20. The van der Waals surface area contributed by atoms with Crippen LogP contribution >= 0.6 is 11.6 Å². The predicted molar refractivity (Wildman–Crippen MR) is 105 cm³/mol. The number of rotatable bonds is 5. The van der Waals surface area contributed by atoms with Gasteiger partial charge in [-0.05, 0) is 67.6 Å². The minimum Gasteiger partial charge on any atom is -0.507 e. The van der Waals surface area contributed by atoms with E-state index in [1.54, 1.807) is 6.07 Å². The van der Waals surface area contributed by atoms with E-state index in [0.717, 1.165) is 18.4 Å². The van der Waals surface area contributed by atoms with Gasteiger partial charge in [0.15, 0.2) is 0 Å². The molecule has 0 heterocycles. The predicted octanol–water partition coefficient (Wildman–Crippen LogP) is 2.57. The van der Waals surface area contributed by atoms with Gasteiger partial charge >= 0.3 is 0 Å². The summed E-state index contributed by atoms with van der Waals surface area (Å²) in [5, 5.41) is 14.8. The first-order valence-corrected chi connectivity index (χ1v) is 10.7. The fraction of sp³-hybridized carbons (Fsp3) is 0.263. The zero-order chi connectivity index (χ0) is 19.9. The Morgan fingerprint density at radius 1 is 1.11 bits per heavy atom. The smallest absolute Gasteiger partial charge is 0.271 e. The molecule has 1 saturated carbocycles. The third-order valence-electron chi connectivity index (χ3n) is 4.75. The third-order valence-corrected chi connectivity index (χ3v) is 6.64. The van der Waals surface area contributed by atoms with Gasteiger partial charge in [-0.3, -0.25) is 4.79 Å². The monoisotopic (exact) mass is 419 g/mol. The quantitative estimate of drug-likeness (QED) is 0.647. The number of carbonyl (C=O) groups is 1. The fourth-order valence-corrected chi connectivity index (χ4v) is 4.67. The van der Waals surface area contributed by atoms with E-state index in [4.69, 9.17) is 11.6 Å². The summed E-state index contributed by atoms with van der Waals surface area (Å²) in [4.78, 5) is 12.5. The van der Waals surface area contributed by atoms with E-state index in [0.29, 0.717) is 29.1 Å². The van der Waals surface area contributed by atoms with Crippen LogP contribution in [0, 0.1) is 0 Å². The summed E-state index contributed by atoms with van der Waals surface area (Å²) in [5.74, 6) is -0.399. The van der Waals surface area contributed by atoms with Gasteiger partial charge in [0.1, 0.15) is 5.75 Å². The van der Waals surface area contributed by atoms with E-state index in [1.165, 1.54) is 30.3 Å². The largest absolute Gasteiger partial charge is 0.507 e. The molecule has 2 aromatic carbocycles. The van der Waals surface area contributed by atoms with E-state index in [2.05, 4.69) is 15.2 Å². The van der Waals surface area contributed by atoms with Crippen molar-refractivity contribution in [2.24, 2.45) is 5.10 Å². The average Bonchev–Trinajstić information content (AvgIpc) is 3.37. The highest BCUT2D eigenvalue weighted by atomic mass is 35.5. The van der Waals surface area contributed by atoms with Crippen molar-refractivity contribution in [3.05, 3.63) is 58.1 Å². The van der Waals surface area contributed by atoms with Gasteiger partial charge in [-0.15, -0.1) is 0 Å². The maximum atomic E-state index is 12.3. The number of amides is 1. The van der Waals surface area contributed by atoms with Gasteiger partial charge < -0.3 is 5.11 Å². The molecule has 28 heavy (non-hydrogen) atoms. The van der Waals surface area contributed by atoms with Crippen molar-refractivity contribution in [3.8, 4) is 5.75 Å². The molecule has 1 amide bonds. The standard InChI is InChI=1S/C19H18ClN3O4S/c20-15-8-10-17(24)18-14(15)7-9-16(18)21-22-19(25)11-1-5-13(6-2-11)28(26,27)23-12-3-4-12/h1-2,5-6,8,10,12,23-24H,3-4,7,9H2,(H,22,25)/b21-16+. The Balaban J connectivity index is 1.48. The zero-order valence-corrected chi connectivity index (χ0v) is 16.3. The summed E-state index contributed by atoms with van der Waals surface area (Å²) in [7, 11) is -3.56. The number of sulfonamides is 1. The molecule has 0 atom stereocenters. The molecule has 2 aliphatic rings. The Labute approximate surface area is 167 Å². The third kappa shape index (κ3) is 3.76. The summed E-state index contributed by atoms with van der Waals surface area (Å²) in [6.07, 6.45) is 2.89. The summed E-state index contributed by atoms with van der Waals surface area (Å²) in [5.41, 5.74) is 4.66. The second-order valence-corrected chi connectivity index (χ2v) is 8.96. The number of phenols is 1. The molecule has 9 heteroatoms. The number of hydrogen-bond donors (Lipinski definition) is 3. The van der Waals surface area contributed by atoms with Crippen LogP contribution in [-0.4, -0.2) is 31.2 Å². The van der Waals surface area contributed by atoms with Crippen LogP contribution in [0.1, 0.15) is 40.7 Å². The Morgan fingerprint density at radius 2 is 1.82 bits per heavy atom. The Kier molecular flexibility index (Phi) is 4.86. The van der Waals surface area contributed by atoms with Crippen LogP contribution in [0.15, 0.2) is 46.4 Å². The molecule has 146 valence electrons. The van der Waals surface area contributed by atoms with Crippen molar-refractivity contribution >= 4 is 33.2 Å². The van der Waals surface area contributed by atoms with Crippen LogP contribution in [0.4, 0.5) is 0 Å². The van der Waals surface area contributed by atoms with Gasteiger partial charge in [0, 0.05) is 22.2 Å². The number of carbonyl (C=O) groups excluding carboxylic acids is 1. The maximum Gasteiger partial charge on any atom is 0.271 e. The van der Waals surface area contributed by atoms with Crippen molar-refractivity contribution in [2.45, 2.75) is 36.6 Å². The molecule has 0 radical (unpaired) electrons. The van der Waals surface area contributed by atoms with Crippen LogP contribution < -0.4 is 10.1 Å². The average molecular weight is 420 g/mol. The minimum absolute atomic E-state index is 0.0167. The Morgan fingerprint density at radius 3 is 2.50 bits per heavy atom. The van der Waals surface area contributed by atoms with Gasteiger partial charge in [-0.1, -0.05) is 11.6 Å². The zero-order valence-electron chi connectivity index (χ0n) is 14.8. The summed E-state index contributed by atoms with van der Waals surface area (Å²) in [6, 6.07) is 8.81. The topological polar surface area (TPSA) is 108 Å². The van der Waals surface area contributed by atoms with Gasteiger partial charge in [0.05, 0.1) is 10.6 Å². The van der Waals surface area contributed by atoms with E-state index in [1.807, 2.05) is 0 Å². The SMILES string of the molecule is O=C(N/N=C1\CCc2c(Cl)ccc(O)c21)c1ccc(S(=O)(=O)NC2CC2)cc1. The van der Waals surface area contributed by atoms with Crippen molar-refractivity contribution in [2.75, 3.05) is 0 Å². The van der Waals surface area contributed by atoms with E-state index in [9.17, 15) is 18.3 Å². The van der Waals surface area contributed by atoms with Crippen LogP contribution in [0.5, 0.6) is 5.75 Å². The molecule has 0 bridgehead atoms. The van der Waals surface area contributed by atoms with Gasteiger partial charge in [-0.2, -0.15) is 5.10 Å². The molecule has 0 aromatic heterocycles. The lowest BCUT2D eigenvalue weighted by molar-refractivity contribution is 0.0954. The lowest BCUT2D eigenvalue weighted by Gasteiger charge is -2.07. The van der Waals surface area contributed by atoms with Crippen molar-refractivity contribution in [3.63, 3.8) is 0 Å². The molecule has 4 rings (SSSR count). The summed E-state index contributed by atoms with van der Waals surface area (Å²) < 4.78 is 26.9. The highest BCUT2D eigenvalue weighted by Gasteiger charge is 2.28. The number of nitrogens with zero attached hydrogens (tertiary/aromatic N) is 1. The molecular formula is C19H18ClN3O4S. The van der Waals surface area contributed by atoms with Crippen molar-refractivity contribution in [1.82, 2.24) is 10.1 Å². The summed E-state index contributed by atoms with van der Waals surface area (Å²) >= 11 is 6.14. The number of hydrogen-bond acceptors (Lipinski definition) is 5. The lowest BCUT2D eigenvalue weighted by Crippen LogP contribution is -2.26. The first-order chi connectivity index (χ1) is 13.3. The number of phenolic OH excluding ortho intramolecular Hbond substituents is 1. The molecule has 0 spiro atoms. The van der Waals surface area contributed by atoms with Crippen LogP contribution in [0.25, 0.3) is 0 Å². The highest BCUT2D eigenvalue weighted by Crippen LogP contribution is 2.35. The highest BCUT2D eigenvalue weighted by molar-refractivity contribution is 7.89. The molecular weight excluding hydrogens is 402 g/mol. The van der Waals surface area contributed by atoms with Crippen molar-refractivity contribution in [1.29, 1.82) is 0 Å². The van der Waals surface area contributed by atoms with Gasteiger partial charge in [0.25, 0.3) is 5.91 Å². The fourth-order valence-electron chi connectivity index (χ4n) is 3.11. The first-order valence-electron chi connectivity index (χ1n) is 8.85. The number of hydrazone groups is 1. The van der Waals surface area contributed by atoms with Gasteiger partial charge in [0.2, 0.25) is 10.0 Å². The summed E-state index contributed by atoms with van der Waals surface area (Å²) in [6.45, 7) is 0. The van der Waals surface area contributed by atoms with Crippen molar-refractivity contribution < 1.29 is 18.3 Å². The molecule has 3 N–H and O–H groups in total. The maximum absolute atomic E-state index is 12.3. The number of nitrogens with one attached hydrogen (secondary N) is 2. The normalized spacial score (nSPS) is 17.5. The molecule has 1 fully saturated rings. The van der Waals surface area contributed by atoms with E-state index in [-0.39, 0.29) is 22.3 Å². The molecule has 2 aromatic rings. The molecule has 0 unspecified atom stereocenters. The van der Waals surface area contributed by atoms with E-state index >= 15 is 0 Å². The van der Waals surface area contributed by atoms with E-state index < -0.39 is 15.9 Å². The number of halogens is 1. The van der Waals surface area contributed by atoms with Gasteiger partial charge in [-0.25, -0.2) is 18.6 Å². The van der Waals surface area contributed by atoms with Crippen LogP contribution in [0.2, 0.25) is 5.02 Å². The number of fused-ring (bicyclic) bond motifs is 1. The minimum atomic E-state index is -3.56. The number of benzene rings is 2. The Hall–Kier alpha value is -2.42. The molecule has 0 saturated heterocycles. The molecule has 0 aliphatic heterocycles. The van der Waals surface area contributed by atoms with Crippen LogP contribution in [0.3, 0.4) is 0 Å². The lowest BCUT2D eigenvalue weighted by atomic mass is 10.1.